The summed E-state index contributed by atoms with van der Waals surface area (Å²) < 4.78 is 0. The first-order chi connectivity index (χ1) is 16.3. The van der Waals surface area contributed by atoms with Crippen LogP contribution in [-0.4, -0.2) is 10.9 Å². The lowest BCUT2D eigenvalue weighted by Gasteiger charge is -2.17. The monoisotopic (exact) mass is 446 g/mol. The molecule has 1 N–H and O–H groups in total. The fraction of sp³-hybridized carbons (Fsp3) is 0.0345. The summed E-state index contributed by atoms with van der Waals surface area (Å²) in [6.45, 7) is 0. The Morgan fingerprint density at radius 2 is 1.12 bits per heavy atom. The molecule has 1 amide bonds. The zero-order valence-electron chi connectivity index (χ0n) is 17.9. The molecule has 0 unspecified atom stereocenters. The highest BCUT2D eigenvalue weighted by atomic mass is 32.1. The van der Waals surface area contributed by atoms with Crippen molar-refractivity contribution in [2.24, 2.45) is 0 Å². The second-order valence-electron chi connectivity index (χ2n) is 7.72. The molecule has 160 valence electrons. The summed E-state index contributed by atoms with van der Waals surface area (Å²) in [4.78, 5) is 18.0. The van der Waals surface area contributed by atoms with Crippen LogP contribution >= 0.6 is 11.3 Å². The summed E-state index contributed by atoms with van der Waals surface area (Å²) in [5.41, 5.74) is 6.13. The number of benzene rings is 4. The minimum Gasteiger partial charge on any atom is -0.301 e. The van der Waals surface area contributed by atoms with E-state index in [0.717, 1.165) is 27.9 Å². The van der Waals surface area contributed by atoms with Gasteiger partial charge in [0, 0.05) is 10.9 Å². The van der Waals surface area contributed by atoms with Crippen LogP contribution in [0.15, 0.2) is 121 Å². The molecule has 0 bridgehead atoms. The highest BCUT2D eigenvalue weighted by Crippen LogP contribution is 2.30. The largest absolute Gasteiger partial charge is 0.301 e. The lowest BCUT2D eigenvalue weighted by molar-refractivity contribution is -0.116. The van der Waals surface area contributed by atoms with Crippen LogP contribution in [-0.2, 0) is 4.79 Å². The van der Waals surface area contributed by atoms with Gasteiger partial charge >= 0.3 is 0 Å². The minimum atomic E-state index is -0.398. The topological polar surface area (TPSA) is 42.0 Å². The summed E-state index contributed by atoms with van der Waals surface area (Å²) in [7, 11) is 0. The van der Waals surface area contributed by atoms with Crippen molar-refractivity contribution in [1.29, 1.82) is 0 Å². The van der Waals surface area contributed by atoms with E-state index in [1.807, 2.05) is 84.2 Å². The highest BCUT2D eigenvalue weighted by molar-refractivity contribution is 7.14. The first-order valence-electron chi connectivity index (χ1n) is 10.8. The van der Waals surface area contributed by atoms with Crippen LogP contribution < -0.4 is 5.32 Å². The second-order valence-corrected chi connectivity index (χ2v) is 8.58. The Hall–Kier alpha value is -4.02. The molecule has 0 aliphatic rings. The number of rotatable bonds is 6. The third-order valence-electron chi connectivity index (χ3n) is 5.55. The number of carbonyl (C=O) groups excluding carboxylic acids is 1. The average molecular weight is 447 g/mol. The van der Waals surface area contributed by atoms with E-state index in [1.54, 1.807) is 0 Å². The number of aromatic nitrogens is 1. The van der Waals surface area contributed by atoms with Crippen molar-refractivity contribution in [3.63, 3.8) is 0 Å². The summed E-state index contributed by atoms with van der Waals surface area (Å²) in [6.07, 6.45) is 0. The Balaban J connectivity index is 1.36. The summed E-state index contributed by atoms with van der Waals surface area (Å²) in [5.74, 6) is -0.488. The Morgan fingerprint density at radius 3 is 1.70 bits per heavy atom. The number of amides is 1. The van der Waals surface area contributed by atoms with E-state index in [2.05, 4.69) is 46.7 Å². The molecule has 4 aromatic carbocycles. The van der Waals surface area contributed by atoms with E-state index in [9.17, 15) is 4.79 Å². The summed E-state index contributed by atoms with van der Waals surface area (Å²) in [6, 6.07) is 38.3. The smallest absolute Gasteiger partial charge is 0.238 e. The minimum absolute atomic E-state index is 0.0901. The number of nitrogens with one attached hydrogen (secondary N) is 1. The lowest BCUT2D eigenvalue weighted by Crippen LogP contribution is -2.22. The van der Waals surface area contributed by atoms with Crippen molar-refractivity contribution in [2.75, 3.05) is 5.32 Å². The van der Waals surface area contributed by atoms with E-state index < -0.39 is 5.92 Å². The molecule has 1 heterocycles. The van der Waals surface area contributed by atoms with Crippen LogP contribution in [0.5, 0.6) is 0 Å². The van der Waals surface area contributed by atoms with Crippen molar-refractivity contribution >= 4 is 22.4 Å². The molecule has 5 rings (SSSR count). The zero-order chi connectivity index (χ0) is 22.5. The molecule has 0 saturated heterocycles. The third kappa shape index (κ3) is 4.76. The Kier molecular flexibility index (Phi) is 6.09. The number of hydrogen-bond donors (Lipinski definition) is 1. The first kappa shape index (κ1) is 20.9. The molecule has 5 aromatic rings. The number of carbonyl (C=O) groups is 1. The van der Waals surface area contributed by atoms with Gasteiger partial charge in [0.1, 0.15) is 0 Å². The molecule has 0 radical (unpaired) electrons. The first-order valence-corrected chi connectivity index (χ1v) is 11.7. The van der Waals surface area contributed by atoms with Crippen molar-refractivity contribution in [1.82, 2.24) is 4.98 Å². The highest BCUT2D eigenvalue weighted by Gasteiger charge is 2.23. The molecule has 33 heavy (non-hydrogen) atoms. The zero-order valence-corrected chi connectivity index (χ0v) is 18.7. The van der Waals surface area contributed by atoms with Gasteiger partial charge in [-0.15, -0.1) is 11.3 Å². The Labute approximate surface area is 197 Å². The van der Waals surface area contributed by atoms with Gasteiger partial charge in [0.15, 0.2) is 5.13 Å². The Bertz CT molecular complexity index is 1290. The van der Waals surface area contributed by atoms with Crippen LogP contribution in [0.2, 0.25) is 0 Å². The van der Waals surface area contributed by atoms with Gasteiger partial charge in [0.25, 0.3) is 0 Å². The molecule has 0 aliphatic heterocycles. The molecule has 4 heteroatoms. The third-order valence-corrected chi connectivity index (χ3v) is 6.31. The number of thiazole rings is 1. The molecular weight excluding hydrogens is 424 g/mol. The Morgan fingerprint density at radius 1 is 0.636 bits per heavy atom. The molecule has 1 aromatic heterocycles. The van der Waals surface area contributed by atoms with Crippen LogP contribution in [0.1, 0.15) is 17.0 Å². The van der Waals surface area contributed by atoms with Gasteiger partial charge in [-0.05, 0) is 22.3 Å². The maximum absolute atomic E-state index is 13.3. The predicted molar refractivity (Wildman–Crippen MR) is 136 cm³/mol. The molecule has 0 atom stereocenters. The number of nitrogens with zero attached hydrogens (tertiary/aromatic N) is 1. The van der Waals surface area contributed by atoms with E-state index in [0.29, 0.717) is 5.13 Å². The van der Waals surface area contributed by atoms with Crippen molar-refractivity contribution in [2.45, 2.75) is 5.92 Å². The molecule has 0 saturated carbocycles. The molecule has 0 fully saturated rings. The van der Waals surface area contributed by atoms with Crippen LogP contribution in [0, 0.1) is 0 Å². The quantitative estimate of drug-likeness (QED) is 0.298. The average Bonchev–Trinajstić information content (AvgIpc) is 3.34. The summed E-state index contributed by atoms with van der Waals surface area (Å²) in [5, 5.41) is 5.61. The van der Waals surface area contributed by atoms with Gasteiger partial charge in [0.2, 0.25) is 5.91 Å². The molecule has 3 nitrogen and oxygen atoms in total. The summed E-state index contributed by atoms with van der Waals surface area (Å²) >= 11 is 1.44. The number of hydrogen-bond acceptors (Lipinski definition) is 3. The van der Waals surface area contributed by atoms with Crippen LogP contribution in [0.4, 0.5) is 5.13 Å². The molecular formula is C29H22N2OS. The van der Waals surface area contributed by atoms with Crippen molar-refractivity contribution < 1.29 is 4.79 Å². The maximum atomic E-state index is 13.3. The van der Waals surface area contributed by atoms with E-state index >= 15 is 0 Å². The van der Waals surface area contributed by atoms with Gasteiger partial charge in [-0.3, -0.25) is 4.79 Å². The van der Waals surface area contributed by atoms with Crippen molar-refractivity contribution in [3.05, 3.63) is 132 Å². The van der Waals surface area contributed by atoms with E-state index in [4.69, 9.17) is 0 Å². The van der Waals surface area contributed by atoms with Gasteiger partial charge in [-0.1, -0.05) is 115 Å². The SMILES string of the molecule is O=C(Nc1nc(-c2ccc(-c3ccccc3)cc2)cs1)C(c1ccccc1)c1ccccc1. The molecule has 0 spiro atoms. The standard InChI is InChI=1S/C29H22N2OS/c32-28(27(24-12-6-2-7-13-24)25-14-8-3-9-15-25)31-29-30-26(20-33-29)23-18-16-22(17-19-23)21-10-4-1-5-11-21/h1-20,27H,(H,30,31,32). The predicted octanol–water partition coefficient (Wildman–Crippen LogP) is 7.25. The number of anilines is 1. The fourth-order valence-corrected chi connectivity index (χ4v) is 4.61. The lowest BCUT2D eigenvalue weighted by atomic mass is 9.90. The maximum Gasteiger partial charge on any atom is 0.238 e. The normalized spacial score (nSPS) is 10.8. The van der Waals surface area contributed by atoms with Crippen LogP contribution in [0.25, 0.3) is 22.4 Å². The van der Waals surface area contributed by atoms with E-state index in [1.165, 1.54) is 16.9 Å². The van der Waals surface area contributed by atoms with Gasteiger partial charge < -0.3 is 5.32 Å². The fourth-order valence-electron chi connectivity index (χ4n) is 3.89. The van der Waals surface area contributed by atoms with Crippen molar-refractivity contribution in [3.8, 4) is 22.4 Å². The van der Waals surface area contributed by atoms with Gasteiger partial charge in [0.05, 0.1) is 11.6 Å². The van der Waals surface area contributed by atoms with Crippen LogP contribution in [0.3, 0.4) is 0 Å². The van der Waals surface area contributed by atoms with Gasteiger partial charge in [-0.25, -0.2) is 4.98 Å². The van der Waals surface area contributed by atoms with Gasteiger partial charge in [-0.2, -0.15) is 0 Å². The second kappa shape index (κ2) is 9.63. The molecule has 0 aliphatic carbocycles. The van der Waals surface area contributed by atoms with E-state index in [-0.39, 0.29) is 5.91 Å².